The lowest BCUT2D eigenvalue weighted by molar-refractivity contribution is 0.268. The van der Waals surface area contributed by atoms with Gasteiger partial charge in [-0.05, 0) is 30.5 Å². The second kappa shape index (κ2) is 4.27. The number of imidazole rings is 1. The maximum atomic E-state index is 5.84. The minimum atomic E-state index is 0.361. The minimum absolute atomic E-state index is 0.361. The van der Waals surface area contributed by atoms with E-state index in [1.807, 2.05) is 12.5 Å². The topological polar surface area (TPSA) is 43.8 Å². The van der Waals surface area contributed by atoms with Gasteiger partial charge < -0.3 is 10.3 Å². The quantitative estimate of drug-likeness (QED) is 0.924. The van der Waals surface area contributed by atoms with E-state index in [0.29, 0.717) is 12.1 Å². The molecule has 0 radical (unpaired) electrons. The zero-order valence-electron chi connectivity index (χ0n) is 9.38. The molecular formula is C13H14BrN3. The molecule has 0 unspecified atom stereocenters. The number of aromatic nitrogens is 2. The highest BCUT2D eigenvalue weighted by molar-refractivity contribution is 9.10. The van der Waals surface area contributed by atoms with Crippen molar-refractivity contribution in [2.24, 2.45) is 5.73 Å². The van der Waals surface area contributed by atoms with Crippen molar-refractivity contribution in [3.05, 3.63) is 41.3 Å². The van der Waals surface area contributed by atoms with Crippen LogP contribution in [0.4, 0.5) is 0 Å². The zero-order valence-corrected chi connectivity index (χ0v) is 11.0. The van der Waals surface area contributed by atoms with Gasteiger partial charge in [-0.1, -0.05) is 28.1 Å². The molecule has 1 aliphatic rings. The Kier molecular flexibility index (Phi) is 2.76. The fourth-order valence-electron chi connectivity index (χ4n) is 2.30. The Balaban J connectivity index is 1.93. The first kappa shape index (κ1) is 11.0. The number of benzene rings is 1. The fraction of sp³-hybridized carbons (Fsp3) is 0.308. The molecular weight excluding hydrogens is 278 g/mol. The first-order chi connectivity index (χ1) is 8.24. The molecule has 0 saturated heterocycles. The molecule has 2 N–H and O–H groups in total. The average molecular weight is 292 g/mol. The van der Waals surface area contributed by atoms with Crippen molar-refractivity contribution in [1.29, 1.82) is 0 Å². The van der Waals surface area contributed by atoms with E-state index >= 15 is 0 Å². The first-order valence-corrected chi connectivity index (χ1v) is 6.56. The summed E-state index contributed by atoms with van der Waals surface area (Å²) in [6, 6.07) is 9.21. The highest BCUT2D eigenvalue weighted by Crippen LogP contribution is 2.34. The standard InChI is InChI=1S/C13H14BrN3/c14-10-3-1-9(2-4-10)13-7-16-8-17(13)12-5-11(15)6-12/h1-4,7-8,11-12H,5-6,15H2. The Hall–Kier alpha value is -1.13. The molecule has 0 atom stereocenters. The molecule has 1 aliphatic carbocycles. The highest BCUT2D eigenvalue weighted by atomic mass is 79.9. The van der Waals surface area contributed by atoms with E-state index < -0.39 is 0 Å². The number of nitrogens with zero attached hydrogens (tertiary/aromatic N) is 2. The second-order valence-electron chi connectivity index (χ2n) is 4.58. The number of nitrogens with two attached hydrogens (primary N) is 1. The molecule has 3 nitrogen and oxygen atoms in total. The Morgan fingerprint density at radius 1 is 1.24 bits per heavy atom. The van der Waals surface area contributed by atoms with Gasteiger partial charge in [0.2, 0.25) is 0 Å². The van der Waals surface area contributed by atoms with Crippen molar-refractivity contribution in [2.45, 2.75) is 24.9 Å². The van der Waals surface area contributed by atoms with Crippen LogP contribution in [0.25, 0.3) is 11.3 Å². The predicted molar refractivity (Wildman–Crippen MR) is 71.6 cm³/mol. The van der Waals surface area contributed by atoms with E-state index in [0.717, 1.165) is 17.3 Å². The van der Waals surface area contributed by atoms with Gasteiger partial charge in [-0.25, -0.2) is 4.98 Å². The van der Waals surface area contributed by atoms with Gasteiger partial charge >= 0.3 is 0 Å². The molecule has 1 aromatic heterocycles. The zero-order chi connectivity index (χ0) is 11.8. The number of halogens is 1. The largest absolute Gasteiger partial charge is 0.328 e. The molecule has 0 amide bonds. The molecule has 4 heteroatoms. The maximum absolute atomic E-state index is 5.84. The van der Waals surface area contributed by atoms with Gasteiger partial charge in [0, 0.05) is 16.6 Å². The molecule has 3 rings (SSSR count). The third-order valence-electron chi connectivity index (χ3n) is 3.35. The summed E-state index contributed by atoms with van der Waals surface area (Å²) in [4.78, 5) is 4.26. The average Bonchev–Trinajstić information content (AvgIpc) is 2.74. The van der Waals surface area contributed by atoms with Crippen molar-refractivity contribution in [3.8, 4) is 11.3 Å². The van der Waals surface area contributed by atoms with Gasteiger partial charge in [0.05, 0.1) is 18.2 Å². The molecule has 2 aromatic rings. The molecule has 1 heterocycles. The Labute approximate surface area is 109 Å². The third kappa shape index (κ3) is 2.03. The van der Waals surface area contributed by atoms with Gasteiger partial charge in [0.15, 0.2) is 0 Å². The van der Waals surface area contributed by atoms with E-state index in [9.17, 15) is 0 Å². The summed E-state index contributed by atoms with van der Waals surface area (Å²) in [5, 5.41) is 0. The molecule has 88 valence electrons. The van der Waals surface area contributed by atoms with Crippen molar-refractivity contribution in [3.63, 3.8) is 0 Å². The van der Waals surface area contributed by atoms with Crippen LogP contribution < -0.4 is 5.73 Å². The summed E-state index contributed by atoms with van der Waals surface area (Å²) < 4.78 is 3.34. The summed E-state index contributed by atoms with van der Waals surface area (Å²) in [5.41, 5.74) is 8.22. The van der Waals surface area contributed by atoms with Crippen LogP contribution in [-0.2, 0) is 0 Å². The van der Waals surface area contributed by atoms with Crippen LogP contribution in [0.5, 0.6) is 0 Å². The summed E-state index contributed by atoms with van der Waals surface area (Å²) in [7, 11) is 0. The second-order valence-corrected chi connectivity index (χ2v) is 5.49. The molecule has 17 heavy (non-hydrogen) atoms. The number of rotatable bonds is 2. The number of hydrogen-bond donors (Lipinski definition) is 1. The third-order valence-corrected chi connectivity index (χ3v) is 3.88. The Bertz CT molecular complexity index is 512. The van der Waals surface area contributed by atoms with Gasteiger partial charge in [-0.2, -0.15) is 0 Å². The summed E-state index contributed by atoms with van der Waals surface area (Å²) >= 11 is 3.45. The molecule has 1 aromatic carbocycles. The summed E-state index contributed by atoms with van der Waals surface area (Å²) in [6.07, 6.45) is 5.95. The van der Waals surface area contributed by atoms with Crippen LogP contribution in [0.15, 0.2) is 41.3 Å². The Morgan fingerprint density at radius 2 is 1.94 bits per heavy atom. The SMILES string of the molecule is NC1CC(n2cncc2-c2ccc(Br)cc2)C1. The number of hydrogen-bond acceptors (Lipinski definition) is 2. The van der Waals surface area contributed by atoms with Gasteiger partial charge in [0.25, 0.3) is 0 Å². The molecule has 1 fully saturated rings. The highest BCUT2D eigenvalue weighted by Gasteiger charge is 2.28. The van der Waals surface area contributed by atoms with Crippen LogP contribution in [0.3, 0.4) is 0 Å². The minimum Gasteiger partial charge on any atom is -0.328 e. The lowest BCUT2D eigenvalue weighted by Crippen LogP contribution is -2.37. The van der Waals surface area contributed by atoms with Gasteiger partial charge in [-0.15, -0.1) is 0 Å². The van der Waals surface area contributed by atoms with Crippen molar-refractivity contribution in [1.82, 2.24) is 9.55 Å². The van der Waals surface area contributed by atoms with Crippen LogP contribution in [0.2, 0.25) is 0 Å². The van der Waals surface area contributed by atoms with Crippen LogP contribution in [-0.4, -0.2) is 15.6 Å². The maximum Gasteiger partial charge on any atom is 0.0953 e. The molecule has 0 bridgehead atoms. The first-order valence-electron chi connectivity index (χ1n) is 5.77. The van der Waals surface area contributed by atoms with Crippen molar-refractivity contribution < 1.29 is 0 Å². The Morgan fingerprint density at radius 3 is 2.59 bits per heavy atom. The van der Waals surface area contributed by atoms with Crippen LogP contribution in [0, 0.1) is 0 Å². The van der Waals surface area contributed by atoms with Gasteiger partial charge in [-0.3, -0.25) is 0 Å². The monoisotopic (exact) mass is 291 g/mol. The van der Waals surface area contributed by atoms with Gasteiger partial charge in [0.1, 0.15) is 0 Å². The molecule has 1 saturated carbocycles. The van der Waals surface area contributed by atoms with E-state index in [1.165, 1.54) is 11.3 Å². The van der Waals surface area contributed by atoms with E-state index in [1.54, 1.807) is 0 Å². The summed E-state index contributed by atoms with van der Waals surface area (Å²) in [6.45, 7) is 0. The van der Waals surface area contributed by atoms with E-state index in [-0.39, 0.29) is 0 Å². The fourth-order valence-corrected chi connectivity index (χ4v) is 2.56. The smallest absolute Gasteiger partial charge is 0.0953 e. The van der Waals surface area contributed by atoms with Crippen molar-refractivity contribution >= 4 is 15.9 Å². The van der Waals surface area contributed by atoms with E-state index in [2.05, 4.69) is 49.7 Å². The van der Waals surface area contributed by atoms with Crippen molar-refractivity contribution in [2.75, 3.05) is 0 Å². The predicted octanol–water partition coefficient (Wildman–Crippen LogP) is 2.97. The van der Waals surface area contributed by atoms with Crippen LogP contribution >= 0.6 is 15.9 Å². The van der Waals surface area contributed by atoms with E-state index in [4.69, 9.17) is 5.73 Å². The lowest BCUT2D eigenvalue weighted by atomic mass is 9.87. The lowest BCUT2D eigenvalue weighted by Gasteiger charge is -2.34. The normalized spacial score (nSPS) is 23.4. The molecule has 0 spiro atoms. The molecule has 0 aliphatic heterocycles. The van der Waals surface area contributed by atoms with Crippen LogP contribution in [0.1, 0.15) is 18.9 Å². The summed E-state index contributed by atoms with van der Waals surface area (Å²) in [5.74, 6) is 0.